The van der Waals surface area contributed by atoms with Crippen molar-refractivity contribution < 1.29 is 31.5 Å². The van der Waals surface area contributed by atoms with Gasteiger partial charge in [0, 0.05) is 0 Å². The third-order valence-electron chi connectivity index (χ3n) is 3.43. The number of halogens is 3. The first-order chi connectivity index (χ1) is 11.0. The van der Waals surface area contributed by atoms with Crippen molar-refractivity contribution in [1.82, 2.24) is 3.97 Å². The highest BCUT2D eigenvalue weighted by Gasteiger charge is 2.40. The van der Waals surface area contributed by atoms with E-state index in [1.165, 1.54) is 12.1 Å². The maximum atomic E-state index is 13.1. The molecule has 2 aromatic rings. The van der Waals surface area contributed by atoms with Gasteiger partial charge in [0.25, 0.3) is 10.0 Å². The van der Waals surface area contributed by atoms with Crippen LogP contribution >= 0.6 is 0 Å². The molecule has 1 N–H and O–H groups in total. The summed E-state index contributed by atoms with van der Waals surface area (Å²) in [5, 5.41) is 9.02. The topological polar surface area (TPSA) is 76.4 Å². The van der Waals surface area contributed by atoms with E-state index in [4.69, 9.17) is 5.11 Å². The van der Waals surface area contributed by atoms with Crippen LogP contribution in [0.3, 0.4) is 0 Å². The highest BCUT2D eigenvalue weighted by Crippen LogP contribution is 2.33. The third-order valence-corrected chi connectivity index (χ3v) is 5.17. The lowest BCUT2D eigenvalue weighted by atomic mass is 10.0. The monoisotopic (exact) mass is 361 g/mol. The first-order valence-electron chi connectivity index (χ1n) is 6.84. The number of hydrogen-bond donors (Lipinski definition) is 1. The Kier molecular flexibility index (Phi) is 4.49. The standard InChI is InChI=1S/C15H14F3NO4S/c1-9(2)10-3-5-11(6-4-10)24(22,23)19-12(14(20)21)7-8-13(19)15(16,17)18/h3-9H,1-2H3,(H,20,21). The number of carbonyl (C=O) groups is 1. The predicted octanol–water partition coefficient (Wildman–Crippen LogP) is 3.57. The molecule has 0 amide bonds. The van der Waals surface area contributed by atoms with Gasteiger partial charge in [-0.3, -0.25) is 0 Å². The van der Waals surface area contributed by atoms with E-state index in [1.807, 2.05) is 13.8 Å². The molecule has 0 saturated carbocycles. The summed E-state index contributed by atoms with van der Waals surface area (Å²) in [5.74, 6) is -1.67. The number of benzene rings is 1. The van der Waals surface area contributed by atoms with Gasteiger partial charge in [0.2, 0.25) is 0 Å². The fourth-order valence-electron chi connectivity index (χ4n) is 2.18. The number of aromatic nitrogens is 1. The van der Waals surface area contributed by atoms with Crippen LogP contribution in [-0.2, 0) is 16.2 Å². The first kappa shape index (κ1) is 18.1. The first-order valence-corrected chi connectivity index (χ1v) is 8.28. The number of nitrogens with zero attached hydrogens (tertiary/aromatic N) is 1. The van der Waals surface area contributed by atoms with Crippen LogP contribution in [0.15, 0.2) is 41.3 Å². The van der Waals surface area contributed by atoms with Gasteiger partial charge in [-0.25, -0.2) is 17.2 Å². The van der Waals surface area contributed by atoms with E-state index >= 15 is 0 Å². The van der Waals surface area contributed by atoms with Gasteiger partial charge in [-0.15, -0.1) is 0 Å². The SMILES string of the molecule is CC(C)c1ccc(S(=O)(=O)n2c(C(=O)O)ccc2C(F)(F)F)cc1. The Morgan fingerprint density at radius 2 is 1.62 bits per heavy atom. The maximum absolute atomic E-state index is 13.1. The number of alkyl halides is 3. The second kappa shape index (κ2) is 5.97. The van der Waals surface area contributed by atoms with Crippen molar-refractivity contribution in [3.8, 4) is 0 Å². The summed E-state index contributed by atoms with van der Waals surface area (Å²) >= 11 is 0. The minimum atomic E-state index is -5.02. The van der Waals surface area contributed by atoms with Crippen LogP contribution in [0.1, 0.15) is 41.5 Å². The third kappa shape index (κ3) is 3.16. The zero-order valence-corrected chi connectivity index (χ0v) is 13.5. The number of aromatic carboxylic acids is 1. The van der Waals surface area contributed by atoms with Gasteiger partial charge in [-0.2, -0.15) is 13.2 Å². The molecule has 1 heterocycles. The molecule has 0 aliphatic heterocycles. The summed E-state index contributed by atoms with van der Waals surface area (Å²) in [4.78, 5) is 10.7. The van der Waals surface area contributed by atoms with Gasteiger partial charge in [-0.1, -0.05) is 26.0 Å². The quantitative estimate of drug-likeness (QED) is 0.903. The summed E-state index contributed by atoms with van der Waals surface area (Å²) in [6.07, 6.45) is -5.02. The van der Waals surface area contributed by atoms with Gasteiger partial charge in [0.15, 0.2) is 0 Å². The molecule has 0 spiro atoms. The molecule has 0 radical (unpaired) electrons. The Morgan fingerprint density at radius 1 is 1.08 bits per heavy atom. The molecule has 9 heteroatoms. The number of hydrogen-bond acceptors (Lipinski definition) is 3. The Bertz CT molecular complexity index is 865. The summed E-state index contributed by atoms with van der Waals surface area (Å²) in [7, 11) is -4.71. The lowest BCUT2D eigenvalue weighted by molar-refractivity contribution is -0.141. The Labute approximate surface area is 136 Å². The Balaban J connectivity index is 2.69. The van der Waals surface area contributed by atoms with Crippen LogP contribution in [0.2, 0.25) is 0 Å². The zero-order chi connectivity index (χ0) is 18.3. The molecular weight excluding hydrogens is 347 g/mol. The summed E-state index contributed by atoms with van der Waals surface area (Å²) < 4.78 is 64.1. The van der Waals surface area contributed by atoms with E-state index in [1.54, 1.807) is 0 Å². The van der Waals surface area contributed by atoms with Crippen LogP contribution in [0.4, 0.5) is 13.2 Å². The van der Waals surface area contributed by atoms with Gasteiger partial charge in [0.1, 0.15) is 11.4 Å². The molecule has 130 valence electrons. The van der Waals surface area contributed by atoms with E-state index in [2.05, 4.69) is 0 Å². The van der Waals surface area contributed by atoms with E-state index in [0.29, 0.717) is 12.1 Å². The molecule has 1 aromatic carbocycles. The average molecular weight is 361 g/mol. The number of carboxylic acid groups (broad SMARTS) is 1. The zero-order valence-electron chi connectivity index (χ0n) is 12.7. The van der Waals surface area contributed by atoms with E-state index in [0.717, 1.165) is 17.7 Å². The molecule has 0 atom stereocenters. The van der Waals surface area contributed by atoms with E-state index in [-0.39, 0.29) is 9.89 Å². The summed E-state index contributed by atoms with van der Waals surface area (Å²) in [6.45, 7) is 3.75. The minimum absolute atomic E-state index is 0.105. The molecule has 24 heavy (non-hydrogen) atoms. The van der Waals surface area contributed by atoms with Gasteiger partial charge in [0.05, 0.1) is 4.90 Å². The maximum Gasteiger partial charge on any atom is 0.432 e. The van der Waals surface area contributed by atoms with Gasteiger partial charge in [-0.05, 0) is 35.7 Å². The van der Waals surface area contributed by atoms with Crippen molar-refractivity contribution in [1.29, 1.82) is 0 Å². The van der Waals surface area contributed by atoms with Crippen molar-refractivity contribution >= 4 is 16.0 Å². The normalized spacial score (nSPS) is 12.6. The minimum Gasteiger partial charge on any atom is -0.477 e. The van der Waals surface area contributed by atoms with E-state index in [9.17, 15) is 26.4 Å². The van der Waals surface area contributed by atoms with Gasteiger partial charge >= 0.3 is 12.1 Å². The van der Waals surface area contributed by atoms with Crippen LogP contribution in [0.25, 0.3) is 0 Å². The molecule has 2 rings (SSSR count). The van der Waals surface area contributed by atoms with Crippen LogP contribution in [0.5, 0.6) is 0 Å². The largest absolute Gasteiger partial charge is 0.477 e. The van der Waals surface area contributed by atoms with Gasteiger partial charge < -0.3 is 5.11 Å². The molecule has 0 bridgehead atoms. The smallest absolute Gasteiger partial charge is 0.432 e. The molecule has 5 nitrogen and oxygen atoms in total. The fraction of sp³-hybridized carbons (Fsp3) is 0.267. The lowest BCUT2D eigenvalue weighted by Gasteiger charge is -2.15. The molecule has 0 fully saturated rings. The Hall–Kier alpha value is -2.29. The summed E-state index contributed by atoms with van der Waals surface area (Å²) in [6, 6.07) is 6.34. The fourth-order valence-corrected chi connectivity index (χ4v) is 3.69. The summed E-state index contributed by atoms with van der Waals surface area (Å²) in [5.41, 5.74) is -1.74. The molecule has 0 aliphatic carbocycles. The van der Waals surface area contributed by atoms with Crippen LogP contribution in [-0.4, -0.2) is 23.5 Å². The molecular formula is C15H14F3NO4S. The highest BCUT2D eigenvalue weighted by atomic mass is 32.2. The second-order valence-corrected chi connectivity index (χ2v) is 7.19. The van der Waals surface area contributed by atoms with Crippen LogP contribution < -0.4 is 0 Å². The van der Waals surface area contributed by atoms with Crippen LogP contribution in [0, 0.1) is 0 Å². The Morgan fingerprint density at radius 3 is 2.04 bits per heavy atom. The van der Waals surface area contributed by atoms with Crippen molar-refractivity contribution in [2.45, 2.75) is 30.8 Å². The number of carboxylic acids is 1. The molecule has 0 saturated heterocycles. The van der Waals surface area contributed by atoms with Crippen molar-refractivity contribution in [3.05, 3.63) is 53.3 Å². The van der Waals surface area contributed by atoms with Crippen molar-refractivity contribution in [2.24, 2.45) is 0 Å². The molecule has 0 aliphatic rings. The van der Waals surface area contributed by atoms with E-state index < -0.39 is 38.5 Å². The predicted molar refractivity (Wildman–Crippen MR) is 79.5 cm³/mol. The molecule has 1 aromatic heterocycles. The van der Waals surface area contributed by atoms with Crippen molar-refractivity contribution in [2.75, 3.05) is 0 Å². The van der Waals surface area contributed by atoms with Crippen molar-refractivity contribution in [3.63, 3.8) is 0 Å². The number of rotatable bonds is 4. The average Bonchev–Trinajstić information content (AvgIpc) is 2.93. The highest BCUT2D eigenvalue weighted by molar-refractivity contribution is 7.90. The molecule has 0 unspecified atom stereocenters. The second-order valence-electron chi connectivity index (χ2n) is 5.40. The lowest BCUT2D eigenvalue weighted by Crippen LogP contribution is -2.24.